The Hall–Kier alpha value is -0.200. The molecule has 0 aromatic rings. The van der Waals surface area contributed by atoms with Gasteiger partial charge in [0.1, 0.15) is 0 Å². The van der Waals surface area contributed by atoms with Gasteiger partial charge in [-0.2, -0.15) is 0 Å². The van der Waals surface area contributed by atoms with E-state index in [9.17, 15) is 5.11 Å². The summed E-state index contributed by atoms with van der Waals surface area (Å²) >= 11 is 0. The van der Waals surface area contributed by atoms with E-state index in [1.807, 2.05) is 0 Å². The number of aliphatic hydroxyl groups is 3. The Labute approximate surface area is 90.3 Å². The number of nitrogens with zero attached hydrogens (tertiary/aromatic N) is 1. The molecule has 1 saturated heterocycles. The molecule has 1 aliphatic rings. The van der Waals surface area contributed by atoms with E-state index in [1.54, 1.807) is 0 Å². The van der Waals surface area contributed by atoms with Gasteiger partial charge in [-0.25, -0.2) is 0 Å². The van der Waals surface area contributed by atoms with Crippen LogP contribution >= 0.6 is 0 Å². The van der Waals surface area contributed by atoms with Gasteiger partial charge in [-0.3, -0.25) is 0 Å². The van der Waals surface area contributed by atoms with Gasteiger partial charge in [0.05, 0.1) is 32.0 Å². The van der Waals surface area contributed by atoms with E-state index in [0.717, 1.165) is 25.9 Å². The van der Waals surface area contributed by atoms with Crippen molar-refractivity contribution in [3.05, 3.63) is 0 Å². The van der Waals surface area contributed by atoms with Crippen molar-refractivity contribution < 1.29 is 20.1 Å². The average Bonchev–Trinajstić information content (AvgIpc) is 2.28. The van der Waals surface area contributed by atoms with E-state index < -0.39 is 6.10 Å². The number of hydrogen-bond acceptors (Lipinski definition) is 5. The average molecular weight is 219 g/mol. The molecule has 0 aromatic carbocycles. The zero-order valence-electron chi connectivity index (χ0n) is 9.01. The number of β-amino-alcohol motifs (C(OH)–C–C–N with tert-alkyl or cyclic N) is 1. The summed E-state index contributed by atoms with van der Waals surface area (Å²) in [6.07, 6.45) is 1.45. The van der Waals surface area contributed by atoms with Gasteiger partial charge in [-0.05, 0) is 12.8 Å². The maximum atomic E-state index is 9.26. The van der Waals surface area contributed by atoms with Crippen LogP contribution in [0.5, 0.6) is 0 Å². The Bertz CT molecular complexity index is 160. The Morgan fingerprint density at radius 1 is 1.27 bits per heavy atom. The highest BCUT2D eigenvalue weighted by Gasteiger charge is 2.20. The SMILES string of the molecule is OCCOC1CCN(CC(O)CO)CC1. The van der Waals surface area contributed by atoms with Gasteiger partial charge in [-0.1, -0.05) is 0 Å². The lowest BCUT2D eigenvalue weighted by molar-refractivity contribution is -0.0189. The van der Waals surface area contributed by atoms with Crippen molar-refractivity contribution in [2.75, 3.05) is 39.5 Å². The van der Waals surface area contributed by atoms with Gasteiger partial charge in [0.15, 0.2) is 0 Å². The summed E-state index contributed by atoms with van der Waals surface area (Å²) in [7, 11) is 0. The second kappa shape index (κ2) is 7.14. The van der Waals surface area contributed by atoms with Gasteiger partial charge in [0.2, 0.25) is 0 Å². The minimum absolute atomic E-state index is 0.0729. The summed E-state index contributed by atoms with van der Waals surface area (Å²) in [6, 6.07) is 0. The topological polar surface area (TPSA) is 73.2 Å². The second-order valence-corrected chi connectivity index (χ2v) is 3.93. The third kappa shape index (κ3) is 4.90. The lowest BCUT2D eigenvalue weighted by atomic mass is 10.1. The number of ether oxygens (including phenoxy) is 1. The van der Waals surface area contributed by atoms with Gasteiger partial charge in [-0.15, -0.1) is 0 Å². The lowest BCUT2D eigenvalue weighted by Crippen LogP contribution is -2.42. The largest absolute Gasteiger partial charge is 0.394 e. The molecular formula is C10H21NO4. The first-order valence-corrected chi connectivity index (χ1v) is 5.50. The van der Waals surface area contributed by atoms with Crippen LogP contribution in [0.2, 0.25) is 0 Å². The normalized spacial score (nSPS) is 21.8. The molecule has 1 heterocycles. The van der Waals surface area contributed by atoms with E-state index in [-0.39, 0.29) is 19.3 Å². The van der Waals surface area contributed by atoms with Crippen LogP contribution in [0.25, 0.3) is 0 Å². The maximum absolute atomic E-state index is 9.26. The van der Waals surface area contributed by atoms with Crippen molar-refractivity contribution in [1.82, 2.24) is 4.90 Å². The first-order valence-electron chi connectivity index (χ1n) is 5.50. The molecule has 5 heteroatoms. The van der Waals surface area contributed by atoms with Crippen LogP contribution in [0.3, 0.4) is 0 Å². The van der Waals surface area contributed by atoms with Crippen molar-refractivity contribution in [2.24, 2.45) is 0 Å². The maximum Gasteiger partial charge on any atom is 0.0897 e. The molecule has 90 valence electrons. The number of piperidine rings is 1. The molecule has 0 aliphatic carbocycles. The Morgan fingerprint density at radius 3 is 2.47 bits per heavy atom. The molecule has 3 N–H and O–H groups in total. The van der Waals surface area contributed by atoms with Crippen LogP contribution < -0.4 is 0 Å². The van der Waals surface area contributed by atoms with E-state index in [0.29, 0.717) is 13.2 Å². The first-order chi connectivity index (χ1) is 7.26. The van der Waals surface area contributed by atoms with Crippen LogP contribution in [0.1, 0.15) is 12.8 Å². The molecule has 0 saturated carbocycles. The van der Waals surface area contributed by atoms with Crippen molar-refractivity contribution in [3.8, 4) is 0 Å². The minimum atomic E-state index is -0.639. The summed E-state index contributed by atoms with van der Waals surface area (Å²) in [6.45, 7) is 2.60. The smallest absolute Gasteiger partial charge is 0.0897 e. The molecule has 1 fully saturated rings. The molecule has 15 heavy (non-hydrogen) atoms. The zero-order valence-corrected chi connectivity index (χ0v) is 9.01. The summed E-state index contributed by atoms with van der Waals surface area (Å²) < 4.78 is 5.42. The molecule has 5 nitrogen and oxygen atoms in total. The molecular weight excluding hydrogens is 198 g/mol. The summed E-state index contributed by atoms with van der Waals surface area (Å²) in [4.78, 5) is 2.12. The van der Waals surface area contributed by atoms with Gasteiger partial charge < -0.3 is 25.0 Å². The summed E-state index contributed by atoms with van der Waals surface area (Å²) in [5, 5.41) is 26.6. The van der Waals surface area contributed by atoms with Crippen LogP contribution in [-0.4, -0.2) is 71.9 Å². The van der Waals surface area contributed by atoms with Crippen molar-refractivity contribution in [3.63, 3.8) is 0 Å². The highest BCUT2D eigenvalue weighted by atomic mass is 16.5. The lowest BCUT2D eigenvalue weighted by Gasteiger charge is -2.32. The van der Waals surface area contributed by atoms with Gasteiger partial charge >= 0.3 is 0 Å². The zero-order chi connectivity index (χ0) is 11.1. The quantitative estimate of drug-likeness (QED) is 0.524. The van der Waals surface area contributed by atoms with Crippen molar-refractivity contribution in [2.45, 2.75) is 25.0 Å². The number of hydrogen-bond donors (Lipinski definition) is 3. The highest BCUT2D eigenvalue weighted by molar-refractivity contribution is 4.74. The molecule has 0 bridgehead atoms. The van der Waals surface area contributed by atoms with E-state index in [1.165, 1.54) is 0 Å². The first kappa shape index (κ1) is 12.9. The third-order valence-corrected chi connectivity index (χ3v) is 2.66. The monoisotopic (exact) mass is 219 g/mol. The van der Waals surface area contributed by atoms with Gasteiger partial charge in [0, 0.05) is 19.6 Å². The van der Waals surface area contributed by atoms with Crippen LogP contribution in [0.15, 0.2) is 0 Å². The summed E-state index contributed by atoms with van der Waals surface area (Å²) in [5.74, 6) is 0. The van der Waals surface area contributed by atoms with Crippen LogP contribution in [-0.2, 0) is 4.74 Å². The number of likely N-dealkylation sites (tertiary alicyclic amines) is 1. The standard InChI is InChI=1S/C10H21NO4/c12-5-6-15-10-1-3-11(4-2-10)7-9(14)8-13/h9-10,12-14H,1-8H2. The fourth-order valence-electron chi connectivity index (χ4n) is 1.83. The fraction of sp³-hybridized carbons (Fsp3) is 1.00. The molecule has 1 atom stereocenters. The predicted molar refractivity (Wildman–Crippen MR) is 55.6 cm³/mol. The molecule has 0 amide bonds. The summed E-state index contributed by atoms with van der Waals surface area (Å²) in [5.41, 5.74) is 0. The molecule has 1 rings (SSSR count). The Balaban J connectivity index is 2.12. The fourth-order valence-corrected chi connectivity index (χ4v) is 1.83. The van der Waals surface area contributed by atoms with Gasteiger partial charge in [0.25, 0.3) is 0 Å². The van der Waals surface area contributed by atoms with Crippen molar-refractivity contribution in [1.29, 1.82) is 0 Å². The van der Waals surface area contributed by atoms with Crippen LogP contribution in [0.4, 0.5) is 0 Å². The molecule has 0 spiro atoms. The van der Waals surface area contributed by atoms with Crippen LogP contribution in [0, 0.1) is 0 Å². The third-order valence-electron chi connectivity index (χ3n) is 2.66. The van der Waals surface area contributed by atoms with Crippen molar-refractivity contribution >= 4 is 0 Å². The molecule has 1 aliphatic heterocycles. The predicted octanol–water partition coefficient (Wildman–Crippen LogP) is -1.19. The minimum Gasteiger partial charge on any atom is -0.394 e. The second-order valence-electron chi connectivity index (χ2n) is 3.93. The molecule has 0 aromatic heterocycles. The molecule has 0 radical (unpaired) electrons. The Morgan fingerprint density at radius 2 is 1.93 bits per heavy atom. The molecule has 1 unspecified atom stereocenters. The van der Waals surface area contributed by atoms with E-state index >= 15 is 0 Å². The van der Waals surface area contributed by atoms with E-state index in [2.05, 4.69) is 4.90 Å². The Kier molecular flexibility index (Phi) is 6.12. The highest BCUT2D eigenvalue weighted by Crippen LogP contribution is 2.13. The van der Waals surface area contributed by atoms with E-state index in [4.69, 9.17) is 14.9 Å². The number of aliphatic hydroxyl groups excluding tert-OH is 3. The number of rotatable bonds is 6.